The number of nitrogens with zero attached hydrogens (tertiary/aromatic N) is 4. The minimum Gasteiger partial charge on any atom is -0.465 e. The first kappa shape index (κ1) is 17.7. The summed E-state index contributed by atoms with van der Waals surface area (Å²) in [4.78, 5) is 16.8. The molecule has 1 aromatic rings. The molecule has 1 aromatic heterocycles. The number of aryl methyl sites for hydroxylation is 1. The summed E-state index contributed by atoms with van der Waals surface area (Å²) in [5.74, 6) is 0.350. The Kier molecular flexibility index (Phi) is 5.26. The Hall–Kier alpha value is -1.67. The van der Waals surface area contributed by atoms with Gasteiger partial charge in [0, 0.05) is 6.54 Å². The Bertz CT molecular complexity index is 578. The third-order valence-corrected chi connectivity index (χ3v) is 4.11. The van der Waals surface area contributed by atoms with Crippen LogP contribution in [-0.4, -0.2) is 63.1 Å². The standard InChI is InChI=1S/C14H22ClN5O3/c1-8-11(15)18-19-12(16-8)17-10(14(2,3)4)9-7-20(13(21)22)5-6-23-9/h9-10H,5-7H2,1-4H3,(H,21,22)(H,16,17,19)/t9-,10?/m0/s1. The molecule has 0 spiro atoms. The topological polar surface area (TPSA) is 100 Å². The van der Waals surface area contributed by atoms with E-state index in [4.69, 9.17) is 16.3 Å². The molecule has 128 valence electrons. The zero-order chi connectivity index (χ0) is 17.2. The van der Waals surface area contributed by atoms with E-state index in [0.29, 0.717) is 31.3 Å². The molecule has 1 aliphatic heterocycles. The fraction of sp³-hybridized carbons (Fsp3) is 0.714. The number of anilines is 1. The lowest BCUT2D eigenvalue weighted by Gasteiger charge is -2.41. The molecule has 2 atom stereocenters. The summed E-state index contributed by atoms with van der Waals surface area (Å²) >= 11 is 5.85. The molecule has 1 aliphatic rings. The van der Waals surface area contributed by atoms with Crippen molar-refractivity contribution < 1.29 is 14.6 Å². The Balaban J connectivity index is 2.20. The Morgan fingerprint density at radius 2 is 2.17 bits per heavy atom. The maximum atomic E-state index is 11.2. The Morgan fingerprint density at radius 1 is 1.48 bits per heavy atom. The molecule has 2 N–H and O–H groups in total. The van der Waals surface area contributed by atoms with E-state index in [9.17, 15) is 9.90 Å². The molecule has 0 saturated carbocycles. The van der Waals surface area contributed by atoms with Crippen molar-refractivity contribution in [2.75, 3.05) is 25.0 Å². The molecular weight excluding hydrogens is 322 g/mol. The second kappa shape index (κ2) is 6.84. The molecule has 23 heavy (non-hydrogen) atoms. The van der Waals surface area contributed by atoms with Gasteiger partial charge in [-0.2, -0.15) is 0 Å². The van der Waals surface area contributed by atoms with Gasteiger partial charge in [0.2, 0.25) is 5.95 Å². The fourth-order valence-corrected chi connectivity index (χ4v) is 2.59. The number of amides is 1. The van der Waals surface area contributed by atoms with Crippen LogP contribution in [0.15, 0.2) is 0 Å². The summed E-state index contributed by atoms with van der Waals surface area (Å²) in [6.07, 6.45) is -1.24. The maximum absolute atomic E-state index is 11.2. The molecule has 0 aliphatic carbocycles. The van der Waals surface area contributed by atoms with Crippen molar-refractivity contribution in [3.63, 3.8) is 0 Å². The predicted molar refractivity (Wildman–Crippen MR) is 85.8 cm³/mol. The highest BCUT2D eigenvalue weighted by molar-refractivity contribution is 6.29. The van der Waals surface area contributed by atoms with E-state index in [2.05, 4.69) is 20.5 Å². The smallest absolute Gasteiger partial charge is 0.407 e. The van der Waals surface area contributed by atoms with E-state index in [0.717, 1.165) is 0 Å². The van der Waals surface area contributed by atoms with Gasteiger partial charge in [-0.25, -0.2) is 9.78 Å². The van der Waals surface area contributed by atoms with Gasteiger partial charge in [0.1, 0.15) is 0 Å². The van der Waals surface area contributed by atoms with Gasteiger partial charge in [-0.1, -0.05) is 32.4 Å². The molecule has 1 fully saturated rings. The zero-order valence-electron chi connectivity index (χ0n) is 13.7. The van der Waals surface area contributed by atoms with Crippen LogP contribution in [-0.2, 0) is 4.74 Å². The van der Waals surface area contributed by atoms with Crippen molar-refractivity contribution in [1.82, 2.24) is 20.1 Å². The van der Waals surface area contributed by atoms with E-state index >= 15 is 0 Å². The van der Waals surface area contributed by atoms with Crippen LogP contribution in [0.1, 0.15) is 26.5 Å². The number of morpholine rings is 1. The van der Waals surface area contributed by atoms with Crippen LogP contribution in [0, 0.1) is 12.3 Å². The highest BCUT2D eigenvalue weighted by Gasteiger charge is 2.37. The molecule has 1 unspecified atom stereocenters. The van der Waals surface area contributed by atoms with Crippen LogP contribution in [0.3, 0.4) is 0 Å². The third kappa shape index (κ3) is 4.42. The lowest BCUT2D eigenvalue weighted by molar-refractivity contribution is -0.0460. The van der Waals surface area contributed by atoms with Gasteiger partial charge >= 0.3 is 6.09 Å². The van der Waals surface area contributed by atoms with Gasteiger partial charge in [0.15, 0.2) is 5.15 Å². The summed E-state index contributed by atoms with van der Waals surface area (Å²) in [7, 11) is 0. The predicted octanol–water partition coefficient (Wildman–Crippen LogP) is 2.04. The van der Waals surface area contributed by atoms with Gasteiger partial charge in [-0.15, -0.1) is 10.2 Å². The molecule has 1 saturated heterocycles. The highest BCUT2D eigenvalue weighted by atomic mass is 35.5. The largest absolute Gasteiger partial charge is 0.465 e. The molecular formula is C14H22ClN5O3. The SMILES string of the molecule is Cc1nc(NC([C@@H]2CN(C(=O)O)CCO2)C(C)(C)C)nnc1Cl. The van der Waals surface area contributed by atoms with Crippen LogP contribution in [0.5, 0.6) is 0 Å². The number of nitrogens with one attached hydrogen (secondary N) is 1. The van der Waals surface area contributed by atoms with Gasteiger partial charge < -0.3 is 20.1 Å². The van der Waals surface area contributed by atoms with Crippen molar-refractivity contribution in [3.8, 4) is 0 Å². The average Bonchev–Trinajstić information content (AvgIpc) is 2.47. The summed E-state index contributed by atoms with van der Waals surface area (Å²) in [6, 6.07) is -0.188. The first-order valence-corrected chi connectivity index (χ1v) is 7.79. The molecule has 0 aromatic carbocycles. The van der Waals surface area contributed by atoms with Crippen LogP contribution in [0.4, 0.5) is 10.7 Å². The van der Waals surface area contributed by atoms with E-state index < -0.39 is 6.09 Å². The zero-order valence-corrected chi connectivity index (χ0v) is 14.5. The van der Waals surface area contributed by atoms with Crippen LogP contribution < -0.4 is 5.32 Å². The summed E-state index contributed by atoms with van der Waals surface area (Å²) < 4.78 is 5.80. The number of ether oxygens (including phenoxy) is 1. The maximum Gasteiger partial charge on any atom is 0.407 e. The first-order chi connectivity index (χ1) is 10.7. The summed E-state index contributed by atoms with van der Waals surface area (Å²) in [5, 5.41) is 20.5. The second-order valence-corrected chi connectivity index (χ2v) is 7.00. The average molecular weight is 344 g/mol. The van der Waals surface area contributed by atoms with Gasteiger partial charge in [-0.05, 0) is 12.3 Å². The van der Waals surface area contributed by atoms with Crippen LogP contribution in [0.2, 0.25) is 5.15 Å². The lowest BCUT2D eigenvalue weighted by Crippen LogP contribution is -2.55. The van der Waals surface area contributed by atoms with Crippen molar-refractivity contribution in [1.29, 1.82) is 0 Å². The second-order valence-electron chi connectivity index (χ2n) is 6.64. The van der Waals surface area contributed by atoms with E-state index in [1.807, 2.05) is 20.8 Å². The Labute approximate surface area is 140 Å². The molecule has 0 radical (unpaired) electrons. The minimum absolute atomic E-state index is 0.188. The molecule has 9 heteroatoms. The Morgan fingerprint density at radius 3 is 2.74 bits per heavy atom. The number of hydrogen-bond acceptors (Lipinski definition) is 6. The molecule has 1 amide bonds. The third-order valence-electron chi connectivity index (χ3n) is 3.76. The van der Waals surface area contributed by atoms with Gasteiger partial charge in [0.05, 0.1) is 31.0 Å². The highest BCUT2D eigenvalue weighted by Crippen LogP contribution is 2.28. The molecule has 0 bridgehead atoms. The van der Waals surface area contributed by atoms with Crippen molar-refractivity contribution in [2.45, 2.75) is 39.8 Å². The first-order valence-electron chi connectivity index (χ1n) is 7.41. The van der Waals surface area contributed by atoms with E-state index in [-0.39, 0.29) is 22.7 Å². The summed E-state index contributed by atoms with van der Waals surface area (Å²) in [6.45, 7) is 8.92. The number of rotatable bonds is 3. The molecule has 2 heterocycles. The quantitative estimate of drug-likeness (QED) is 0.866. The van der Waals surface area contributed by atoms with Crippen molar-refractivity contribution in [3.05, 3.63) is 10.8 Å². The monoisotopic (exact) mass is 343 g/mol. The normalized spacial score (nSPS) is 20.2. The fourth-order valence-electron chi connectivity index (χ4n) is 2.51. The molecule has 2 rings (SSSR count). The van der Waals surface area contributed by atoms with E-state index in [1.54, 1.807) is 6.92 Å². The number of hydrogen-bond donors (Lipinski definition) is 2. The lowest BCUT2D eigenvalue weighted by atomic mass is 9.82. The number of carboxylic acid groups (broad SMARTS) is 1. The van der Waals surface area contributed by atoms with Crippen molar-refractivity contribution >= 4 is 23.6 Å². The van der Waals surface area contributed by atoms with Crippen molar-refractivity contribution in [2.24, 2.45) is 5.41 Å². The van der Waals surface area contributed by atoms with Gasteiger partial charge in [0.25, 0.3) is 0 Å². The number of carbonyl (C=O) groups is 1. The van der Waals surface area contributed by atoms with Crippen LogP contribution >= 0.6 is 11.6 Å². The number of aromatic nitrogens is 3. The summed E-state index contributed by atoms with van der Waals surface area (Å²) in [5.41, 5.74) is 0.372. The van der Waals surface area contributed by atoms with E-state index in [1.165, 1.54) is 4.90 Å². The number of halogens is 1. The molecule has 8 nitrogen and oxygen atoms in total. The van der Waals surface area contributed by atoms with Gasteiger partial charge in [-0.3, -0.25) is 0 Å². The van der Waals surface area contributed by atoms with Crippen LogP contribution in [0.25, 0.3) is 0 Å². The minimum atomic E-state index is -0.939.